The Bertz CT molecular complexity index is 1210. The van der Waals surface area contributed by atoms with Crippen molar-refractivity contribution in [2.45, 2.75) is 36.0 Å². The molecule has 1 aliphatic heterocycles. The van der Waals surface area contributed by atoms with Crippen LogP contribution in [0.3, 0.4) is 0 Å². The lowest BCUT2D eigenvalue weighted by Gasteiger charge is -2.26. The summed E-state index contributed by atoms with van der Waals surface area (Å²) in [4.78, 5) is 12.8. The number of anilines is 1. The Hall–Kier alpha value is -2.47. The van der Waals surface area contributed by atoms with Crippen LogP contribution < -0.4 is 10.1 Å². The molecule has 0 aliphatic carbocycles. The highest BCUT2D eigenvalue weighted by atomic mass is 32.2. The molecule has 1 aliphatic rings. The molecule has 0 saturated carbocycles. The molecule has 11 heteroatoms. The minimum atomic E-state index is -3.87. The SMILES string of the molecule is COc1ccc(S(=O)(=O)N2CCCCC2)cc1NC(=O)CN(C)S(=O)(=O)c1ccc(C)cc1. The predicted octanol–water partition coefficient (Wildman–Crippen LogP) is 2.44. The summed E-state index contributed by atoms with van der Waals surface area (Å²) in [6.07, 6.45) is 2.61. The zero-order valence-electron chi connectivity index (χ0n) is 18.9. The highest BCUT2D eigenvalue weighted by molar-refractivity contribution is 7.89. The standard InChI is InChI=1S/C22H29N3O6S2/c1-17-7-9-18(10-8-17)32(27,28)24(2)16-22(26)23-20-15-19(11-12-21(20)31-3)33(29,30)25-13-5-4-6-14-25/h7-12,15H,4-6,13-14,16H2,1-3H3,(H,23,26). The number of hydrogen-bond acceptors (Lipinski definition) is 6. The van der Waals surface area contributed by atoms with Crippen molar-refractivity contribution in [1.82, 2.24) is 8.61 Å². The molecule has 1 N–H and O–H groups in total. The van der Waals surface area contributed by atoms with E-state index in [9.17, 15) is 21.6 Å². The van der Waals surface area contributed by atoms with E-state index in [0.717, 1.165) is 29.1 Å². The largest absolute Gasteiger partial charge is 0.495 e. The fourth-order valence-corrected chi connectivity index (χ4v) is 6.24. The van der Waals surface area contributed by atoms with Crippen molar-refractivity contribution in [2.24, 2.45) is 0 Å². The topological polar surface area (TPSA) is 113 Å². The number of nitrogens with zero attached hydrogens (tertiary/aromatic N) is 2. The van der Waals surface area contributed by atoms with Gasteiger partial charge in [-0.3, -0.25) is 4.79 Å². The van der Waals surface area contributed by atoms with Crippen LogP contribution in [-0.4, -0.2) is 65.1 Å². The summed E-state index contributed by atoms with van der Waals surface area (Å²) in [6, 6.07) is 10.6. The van der Waals surface area contributed by atoms with Crippen LogP contribution in [0.4, 0.5) is 5.69 Å². The molecule has 0 spiro atoms. The Kier molecular flexibility index (Phi) is 7.78. The second-order valence-corrected chi connectivity index (χ2v) is 11.9. The Labute approximate surface area is 195 Å². The van der Waals surface area contributed by atoms with Gasteiger partial charge in [0.05, 0.1) is 29.1 Å². The summed E-state index contributed by atoms with van der Waals surface area (Å²) in [5.41, 5.74) is 1.07. The Balaban J connectivity index is 1.78. The van der Waals surface area contributed by atoms with Gasteiger partial charge in [-0.25, -0.2) is 16.8 Å². The van der Waals surface area contributed by atoms with Crippen molar-refractivity contribution >= 4 is 31.6 Å². The van der Waals surface area contributed by atoms with Gasteiger partial charge in [0.1, 0.15) is 5.75 Å². The Morgan fingerprint density at radius 2 is 1.61 bits per heavy atom. The number of ether oxygens (including phenoxy) is 1. The van der Waals surface area contributed by atoms with Crippen molar-refractivity contribution in [2.75, 3.05) is 39.1 Å². The first-order chi connectivity index (χ1) is 15.6. The van der Waals surface area contributed by atoms with Gasteiger partial charge in [0.15, 0.2) is 0 Å². The molecule has 3 rings (SSSR count). The molecule has 1 amide bonds. The maximum absolute atomic E-state index is 13.0. The molecular weight excluding hydrogens is 466 g/mol. The number of carbonyl (C=O) groups excluding carboxylic acids is 1. The number of carbonyl (C=O) groups is 1. The van der Waals surface area contributed by atoms with Gasteiger partial charge in [-0.1, -0.05) is 24.1 Å². The molecule has 1 heterocycles. The number of methoxy groups -OCH3 is 1. The third kappa shape index (κ3) is 5.72. The first kappa shape index (κ1) is 25.2. The van der Waals surface area contributed by atoms with E-state index in [2.05, 4.69) is 5.32 Å². The average Bonchev–Trinajstić information content (AvgIpc) is 2.79. The maximum Gasteiger partial charge on any atom is 0.243 e. The molecule has 33 heavy (non-hydrogen) atoms. The van der Waals surface area contributed by atoms with Crippen LogP contribution in [0.1, 0.15) is 24.8 Å². The highest BCUT2D eigenvalue weighted by Gasteiger charge is 2.28. The third-order valence-corrected chi connectivity index (χ3v) is 9.21. The quantitative estimate of drug-likeness (QED) is 0.602. The van der Waals surface area contributed by atoms with Gasteiger partial charge < -0.3 is 10.1 Å². The molecule has 2 aromatic carbocycles. The van der Waals surface area contributed by atoms with Crippen LogP contribution >= 0.6 is 0 Å². The van der Waals surface area contributed by atoms with Gasteiger partial charge in [-0.2, -0.15) is 8.61 Å². The smallest absolute Gasteiger partial charge is 0.243 e. The van der Waals surface area contributed by atoms with E-state index in [1.807, 2.05) is 6.92 Å². The van der Waals surface area contributed by atoms with E-state index >= 15 is 0 Å². The average molecular weight is 496 g/mol. The van der Waals surface area contributed by atoms with Crippen LogP contribution in [0, 0.1) is 6.92 Å². The Morgan fingerprint density at radius 1 is 1.00 bits per heavy atom. The van der Waals surface area contributed by atoms with Gasteiger partial charge in [-0.05, 0) is 50.1 Å². The minimum Gasteiger partial charge on any atom is -0.495 e. The van der Waals surface area contributed by atoms with Crippen LogP contribution in [0.25, 0.3) is 0 Å². The summed E-state index contributed by atoms with van der Waals surface area (Å²) in [5.74, 6) is -0.357. The molecule has 0 radical (unpaired) electrons. The molecule has 0 aromatic heterocycles. The lowest BCUT2D eigenvalue weighted by Crippen LogP contribution is -2.36. The fourth-order valence-electron chi connectivity index (χ4n) is 3.57. The van der Waals surface area contributed by atoms with Crippen LogP contribution in [0.15, 0.2) is 52.3 Å². The van der Waals surface area contributed by atoms with Gasteiger partial charge >= 0.3 is 0 Å². The summed E-state index contributed by atoms with van der Waals surface area (Å²) in [5, 5.41) is 2.59. The summed E-state index contributed by atoms with van der Waals surface area (Å²) in [7, 11) is -4.87. The molecule has 1 fully saturated rings. The molecule has 0 unspecified atom stereocenters. The first-order valence-corrected chi connectivity index (χ1v) is 13.4. The van der Waals surface area contributed by atoms with Crippen molar-refractivity contribution < 1.29 is 26.4 Å². The van der Waals surface area contributed by atoms with Crippen LogP contribution in [-0.2, 0) is 24.8 Å². The van der Waals surface area contributed by atoms with Crippen molar-refractivity contribution in [3.63, 3.8) is 0 Å². The second kappa shape index (κ2) is 10.2. The van der Waals surface area contributed by atoms with E-state index in [-0.39, 0.29) is 21.2 Å². The summed E-state index contributed by atoms with van der Waals surface area (Å²) < 4.78 is 59.1. The van der Waals surface area contributed by atoms with Crippen LogP contribution in [0.2, 0.25) is 0 Å². The van der Waals surface area contributed by atoms with Crippen molar-refractivity contribution in [3.8, 4) is 5.75 Å². The molecule has 180 valence electrons. The molecule has 0 atom stereocenters. The lowest BCUT2D eigenvalue weighted by molar-refractivity contribution is -0.116. The van der Waals surface area contributed by atoms with E-state index < -0.39 is 32.5 Å². The zero-order chi connectivity index (χ0) is 24.2. The predicted molar refractivity (Wildman–Crippen MR) is 125 cm³/mol. The van der Waals surface area contributed by atoms with Gasteiger partial charge in [0, 0.05) is 20.1 Å². The monoisotopic (exact) mass is 495 g/mol. The van der Waals surface area contributed by atoms with Crippen molar-refractivity contribution in [3.05, 3.63) is 48.0 Å². The molecule has 2 aromatic rings. The van der Waals surface area contributed by atoms with E-state index in [0.29, 0.717) is 13.1 Å². The summed E-state index contributed by atoms with van der Waals surface area (Å²) in [6.45, 7) is 2.30. The zero-order valence-corrected chi connectivity index (χ0v) is 20.6. The van der Waals surface area contributed by atoms with Gasteiger partial charge in [0.2, 0.25) is 26.0 Å². The molecule has 1 saturated heterocycles. The van der Waals surface area contributed by atoms with Crippen LogP contribution in [0.5, 0.6) is 5.75 Å². The maximum atomic E-state index is 13.0. The molecule has 9 nitrogen and oxygen atoms in total. The number of hydrogen-bond donors (Lipinski definition) is 1. The number of likely N-dealkylation sites (N-methyl/N-ethyl adjacent to an activating group) is 1. The second-order valence-electron chi connectivity index (χ2n) is 7.95. The lowest BCUT2D eigenvalue weighted by atomic mass is 10.2. The van der Waals surface area contributed by atoms with E-state index in [4.69, 9.17) is 4.74 Å². The normalized spacial score (nSPS) is 15.4. The number of nitrogens with one attached hydrogen (secondary N) is 1. The highest BCUT2D eigenvalue weighted by Crippen LogP contribution is 2.30. The first-order valence-electron chi connectivity index (χ1n) is 10.6. The number of aryl methyl sites for hydroxylation is 1. The molecular formula is C22H29N3O6S2. The van der Waals surface area contributed by atoms with Gasteiger partial charge in [-0.15, -0.1) is 0 Å². The van der Waals surface area contributed by atoms with E-state index in [1.165, 1.54) is 48.8 Å². The van der Waals surface area contributed by atoms with E-state index in [1.54, 1.807) is 12.1 Å². The number of amides is 1. The number of sulfonamides is 2. The number of benzene rings is 2. The fraction of sp³-hybridized carbons (Fsp3) is 0.409. The number of piperidine rings is 1. The number of rotatable bonds is 8. The molecule has 0 bridgehead atoms. The third-order valence-electron chi connectivity index (χ3n) is 5.49. The summed E-state index contributed by atoms with van der Waals surface area (Å²) >= 11 is 0. The minimum absolute atomic E-state index is 0.0427. The Morgan fingerprint density at radius 3 is 2.21 bits per heavy atom. The van der Waals surface area contributed by atoms with Crippen molar-refractivity contribution in [1.29, 1.82) is 0 Å². The van der Waals surface area contributed by atoms with Gasteiger partial charge in [0.25, 0.3) is 0 Å².